The number of hydrazine groups is 1. The molecule has 3 aliphatic heterocycles. The van der Waals surface area contributed by atoms with E-state index in [0.29, 0.717) is 37.5 Å². The molecule has 0 aromatic heterocycles. The zero-order valence-corrected chi connectivity index (χ0v) is 37.9. The number of nitro benzene ring substituents is 1. The van der Waals surface area contributed by atoms with Crippen LogP contribution in [0.1, 0.15) is 74.7 Å². The van der Waals surface area contributed by atoms with E-state index in [4.69, 9.17) is 21.1 Å². The maximum absolute atomic E-state index is 14.0. The average Bonchev–Trinajstić information content (AvgIpc) is 3.74. The fourth-order valence-corrected chi connectivity index (χ4v) is 10.8. The van der Waals surface area contributed by atoms with Crippen LogP contribution in [0.5, 0.6) is 5.75 Å². The largest absolute Gasteiger partial charge is 0.490 e. The van der Waals surface area contributed by atoms with Crippen LogP contribution >= 0.6 is 11.6 Å². The van der Waals surface area contributed by atoms with E-state index in [1.54, 1.807) is 6.07 Å². The smallest absolute Gasteiger partial charge is 0.293 e. The molecule has 2 aliphatic carbocycles. The quantitative estimate of drug-likeness (QED) is 0.0761. The molecule has 15 nitrogen and oxygen atoms in total. The van der Waals surface area contributed by atoms with E-state index in [1.165, 1.54) is 28.8 Å². The summed E-state index contributed by atoms with van der Waals surface area (Å²) in [6, 6.07) is 17.6. The van der Waals surface area contributed by atoms with Crippen LogP contribution in [0, 0.1) is 21.4 Å². The lowest BCUT2D eigenvalue weighted by molar-refractivity contribution is -0.384. The molecule has 3 aromatic carbocycles. The summed E-state index contributed by atoms with van der Waals surface area (Å²) in [6.45, 7) is 14.0. The minimum absolute atomic E-state index is 0.0840. The number of nitrogens with one attached hydrogen (secondary N) is 4. The number of nitrogens with zero attached hydrogens (tertiary/aromatic N) is 4. The first kappa shape index (κ1) is 45.3. The molecule has 8 rings (SSSR count). The molecule has 0 bridgehead atoms. The highest BCUT2D eigenvalue weighted by molar-refractivity contribution is 7.90. The van der Waals surface area contributed by atoms with Crippen molar-refractivity contribution < 1.29 is 27.6 Å². The standard InChI is InChI=1S/C46H61ClN8O7S/c1-46(2)15-14-33(40(29-46)32-4-6-35(47)7-5-32)31-53-18-20-54(21-19-53)36-8-11-39(44(27-36)62-37-9-12-41-34(26-37)30-49-50-41)45(56)51-63(59,60)38-10-13-42(43(28-38)55(57)58)48-16-3-17-52-22-24-61-25-23-52/h4-8,10-11,13,27-28,34,37,41,48-50H,3,9,12,14-26,29-31H2,1-2H3,(H,51,56). The van der Waals surface area contributed by atoms with Gasteiger partial charge in [-0.15, -0.1) is 0 Å². The van der Waals surface area contributed by atoms with E-state index >= 15 is 0 Å². The van der Waals surface area contributed by atoms with Gasteiger partial charge in [-0.2, -0.15) is 0 Å². The highest BCUT2D eigenvalue weighted by atomic mass is 35.5. The number of carbonyl (C=O) groups excluding carboxylic acids is 1. The molecule has 0 spiro atoms. The van der Waals surface area contributed by atoms with E-state index in [2.05, 4.69) is 61.6 Å². The molecular formula is C46H61ClN8O7S. The van der Waals surface area contributed by atoms with Crippen molar-refractivity contribution in [2.45, 2.75) is 75.8 Å². The van der Waals surface area contributed by atoms with E-state index in [0.717, 1.165) is 121 Å². The Morgan fingerprint density at radius 3 is 2.54 bits per heavy atom. The van der Waals surface area contributed by atoms with Gasteiger partial charge in [0.05, 0.1) is 34.7 Å². The van der Waals surface area contributed by atoms with Crippen molar-refractivity contribution in [2.75, 3.05) is 88.9 Å². The van der Waals surface area contributed by atoms with Gasteiger partial charge in [0.1, 0.15) is 11.4 Å². The number of sulfonamides is 1. The number of morpholine rings is 1. The second-order valence-corrected chi connectivity index (χ2v) is 20.5. The number of nitro groups is 1. The van der Waals surface area contributed by atoms with Crippen molar-refractivity contribution >= 4 is 50.2 Å². The van der Waals surface area contributed by atoms with Gasteiger partial charge in [-0.3, -0.25) is 35.6 Å². The second-order valence-electron chi connectivity index (χ2n) is 18.4. The molecule has 4 fully saturated rings. The molecule has 3 aromatic rings. The molecule has 17 heteroatoms. The van der Waals surface area contributed by atoms with Crippen LogP contribution in [0.15, 0.2) is 71.1 Å². The number of fused-ring (bicyclic) bond motifs is 1. The van der Waals surface area contributed by atoms with E-state index in [1.807, 2.05) is 24.3 Å². The fourth-order valence-electron chi connectivity index (χ4n) is 9.70. The van der Waals surface area contributed by atoms with Gasteiger partial charge >= 0.3 is 0 Å². The number of hydrogen-bond donors (Lipinski definition) is 4. The Morgan fingerprint density at radius 1 is 1.00 bits per heavy atom. The summed E-state index contributed by atoms with van der Waals surface area (Å²) in [4.78, 5) is 32.2. The predicted octanol–water partition coefficient (Wildman–Crippen LogP) is 6.31. The topological polar surface area (TPSA) is 171 Å². The van der Waals surface area contributed by atoms with Crippen LogP contribution in [-0.2, 0) is 14.8 Å². The number of carbonyl (C=O) groups is 1. The minimum Gasteiger partial charge on any atom is -0.490 e. The predicted molar refractivity (Wildman–Crippen MR) is 246 cm³/mol. The van der Waals surface area contributed by atoms with Gasteiger partial charge in [-0.05, 0) is 110 Å². The number of amides is 1. The number of hydrogen-bond acceptors (Lipinski definition) is 13. The Kier molecular flexibility index (Phi) is 14.3. The van der Waals surface area contributed by atoms with Crippen molar-refractivity contribution in [3.63, 3.8) is 0 Å². The number of ether oxygens (including phenoxy) is 2. The molecule has 63 heavy (non-hydrogen) atoms. The zero-order chi connectivity index (χ0) is 44.1. The Bertz CT molecular complexity index is 2260. The summed E-state index contributed by atoms with van der Waals surface area (Å²) in [5, 5.41) is 15.9. The van der Waals surface area contributed by atoms with Crippen LogP contribution in [0.4, 0.5) is 17.1 Å². The molecular weight excluding hydrogens is 844 g/mol. The van der Waals surface area contributed by atoms with Crippen LogP contribution in [0.25, 0.3) is 5.57 Å². The Hall–Kier alpha value is -4.29. The number of benzene rings is 3. The monoisotopic (exact) mass is 904 g/mol. The van der Waals surface area contributed by atoms with Crippen molar-refractivity contribution in [2.24, 2.45) is 11.3 Å². The first-order valence-electron chi connectivity index (χ1n) is 22.4. The second kappa shape index (κ2) is 19.8. The first-order chi connectivity index (χ1) is 30.3. The summed E-state index contributed by atoms with van der Waals surface area (Å²) in [7, 11) is -4.51. The number of anilines is 2. The number of halogens is 1. The summed E-state index contributed by atoms with van der Waals surface area (Å²) >= 11 is 6.25. The first-order valence-corrected chi connectivity index (χ1v) is 24.3. The lowest BCUT2D eigenvalue weighted by Gasteiger charge is -2.39. The molecule has 3 heterocycles. The summed E-state index contributed by atoms with van der Waals surface area (Å²) in [5.41, 5.74) is 11.8. The van der Waals surface area contributed by atoms with Gasteiger partial charge in [-0.1, -0.05) is 43.2 Å². The molecule has 3 unspecified atom stereocenters. The number of allylic oxidation sites excluding steroid dienone is 1. The molecule has 0 radical (unpaired) electrons. The SMILES string of the molecule is CC1(C)CCC(CN2CCN(c3ccc(C(=O)NS(=O)(=O)c4ccc(NCCCN5CCOCC5)c([N+](=O)[O-])c4)c(OC4CCC5NNCC5C4)c3)CC2)=C(c2ccc(Cl)cc2)C1. The normalized spacial score (nSPS) is 23.3. The van der Waals surface area contributed by atoms with E-state index in [9.17, 15) is 23.3 Å². The van der Waals surface area contributed by atoms with Crippen LogP contribution < -0.4 is 30.5 Å². The molecule has 5 aliphatic rings. The van der Waals surface area contributed by atoms with Crippen LogP contribution in [0.3, 0.4) is 0 Å². The zero-order valence-electron chi connectivity index (χ0n) is 36.4. The van der Waals surface area contributed by atoms with Crippen molar-refractivity contribution in [3.8, 4) is 5.75 Å². The lowest BCUT2D eigenvalue weighted by atomic mass is 9.72. The molecule has 3 saturated heterocycles. The van der Waals surface area contributed by atoms with Gasteiger partial charge in [0.25, 0.3) is 21.6 Å². The highest BCUT2D eigenvalue weighted by Crippen LogP contribution is 2.43. The third-order valence-electron chi connectivity index (χ3n) is 13.4. The van der Waals surface area contributed by atoms with E-state index < -0.39 is 26.5 Å². The fraction of sp³-hybridized carbons (Fsp3) is 0.543. The third-order valence-corrected chi connectivity index (χ3v) is 15.0. The van der Waals surface area contributed by atoms with Crippen LogP contribution in [-0.4, -0.2) is 120 Å². The highest BCUT2D eigenvalue weighted by Gasteiger charge is 2.36. The molecule has 3 atom stereocenters. The van der Waals surface area contributed by atoms with Crippen molar-refractivity contribution in [1.29, 1.82) is 0 Å². The van der Waals surface area contributed by atoms with Crippen molar-refractivity contribution in [3.05, 3.63) is 92.5 Å². The van der Waals surface area contributed by atoms with Gasteiger partial charge in [0.2, 0.25) is 0 Å². The number of piperazine rings is 1. The lowest BCUT2D eigenvalue weighted by Crippen LogP contribution is -2.47. The average molecular weight is 906 g/mol. The van der Waals surface area contributed by atoms with E-state index in [-0.39, 0.29) is 27.7 Å². The maximum Gasteiger partial charge on any atom is 0.293 e. The van der Waals surface area contributed by atoms with Crippen molar-refractivity contribution in [1.82, 2.24) is 25.4 Å². The Morgan fingerprint density at radius 2 is 1.78 bits per heavy atom. The van der Waals surface area contributed by atoms with Gasteiger partial charge in [0.15, 0.2) is 0 Å². The van der Waals surface area contributed by atoms with Gasteiger partial charge < -0.3 is 19.7 Å². The van der Waals surface area contributed by atoms with Gasteiger partial charge in [0, 0.05) is 87.8 Å². The maximum atomic E-state index is 14.0. The van der Waals surface area contributed by atoms with Crippen LogP contribution in [0.2, 0.25) is 5.02 Å². The molecule has 4 N–H and O–H groups in total. The third kappa shape index (κ3) is 11.3. The minimum atomic E-state index is -4.51. The molecule has 340 valence electrons. The molecule has 1 saturated carbocycles. The molecule has 1 amide bonds. The number of rotatable bonds is 15. The Labute approximate surface area is 376 Å². The Balaban J connectivity index is 0.960. The van der Waals surface area contributed by atoms with Gasteiger partial charge in [-0.25, -0.2) is 13.1 Å². The summed E-state index contributed by atoms with van der Waals surface area (Å²) in [5.74, 6) is -0.177. The summed E-state index contributed by atoms with van der Waals surface area (Å²) in [6.07, 6.45) is 6.30. The summed E-state index contributed by atoms with van der Waals surface area (Å²) < 4.78 is 41.7.